The predicted molar refractivity (Wildman–Crippen MR) is 70.3 cm³/mol. The molecule has 0 aliphatic carbocycles. The number of nitrogens with zero attached hydrogens (tertiary/aromatic N) is 2. The minimum Gasteiger partial charge on any atom is -0.328 e. The highest BCUT2D eigenvalue weighted by atomic mass is 35.5. The van der Waals surface area contributed by atoms with Crippen molar-refractivity contribution in [1.29, 1.82) is 0 Å². The van der Waals surface area contributed by atoms with Crippen molar-refractivity contribution in [2.45, 2.75) is 32.2 Å². The molecular weight excluding hydrogens is 232 g/mol. The molecule has 0 bridgehead atoms. The lowest BCUT2D eigenvalue weighted by molar-refractivity contribution is 0.478. The summed E-state index contributed by atoms with van der Waals surface area (Å²) in [7, 11) is 0. The van der Waals surface area contributed by atoms with Crippen LogP contribution in [0.2, 0.25) is 5.02 Å². The quantitative estimate of drug-likeness (QED) is 0.741. The zero-order valence-electron chi connectivity index (χ0n) is 9.86. The summed E-state index contributed by atoms with van der Waals surface area (Å²) < 4.78 is 2.31. The summed E-state index contributed by atoms with van der Waals surface area (Å²) in [6.07, 6.45) is 4.48. The van der Waals surface area contributed by atoms with E-state index in [9.17, 15) is 0 Å². The zero-order valence-corrected chi connectivity index (χ0v) is 10.6. The molecule has 3 heteroatoms. The predicted octanol–water partition coefficient (Wildman–Crippen LogP) is 4.10. The van der Waals surface area contributed by atoms with Crippen molar-refractivity contribution < 1.29 is 0 Å². The first-order valence-corrected chi connectivity index (χ1v) is 6.45. The Labute approximate surface area is 106 Å². The van der Waals surface area contributed by atoms with Crippen molar-refractivity contribution in [2.24, 2.45) is 0 Å². The average Bonchev–Trinajstić information content (AvgIpc) is 2.75. The number of benzene rings is 1. The van der Waals surface area contributed by atoms with E-state index in [-0.39, 0.29) is 0 Å². The van der Waals surface area contributed by atoms with Gasteiger partial charge in [0.05, 0.1) is 5.02 Å². The van der Waals surface area contributed by atoms with Gasteiger partial charge in [0.1, 0.15) is 5.82 Å². The van der Waals surface area contributed by atoms with E-state index in [1.807, 2.05) is 30.5 Å². The highest BCUT2D eigenvalue weighted by molar-refractivity contribution is 6.33. The van der Waals surface area contributed by atoms with Crippen molar-refractivity contribution in [2.75, 3.05) is 0 Å². The van der Waals surface area contributed by atoms with Gasteiger partial charge < -0.3 is 4.57 Å². The van der Waals surface area contributed by atoms with Gasteiger partial charge in [-0.25, -0.2) is 4.98 Å². The minimum atomic E-state index is 0.604. The van der Waals surface area contributed by atoms with Crippen LogP contribution in [-0.2, 0) is 6.54 Å². The number of imidazole rings is 1. The van der Waals surface area contributed by atoms with E-state index < -0.39 is 0 Å². The lowest BCUT2D eigenvalue weighted by Crippen LogP contribution is -2.13. The Bertz CT molecular complexity index is 545. The Balaban J connectivity index is 2.14. The van der Waals surface area contributed by atoms with Gasteiger partial charge >= 0.3 is 0 Å². The van der Waals surface area contributed by atoms with Crippen LogP contribution in [0.25, 0.3) is 11.4 Å². The molecule has 0 saturated carbocycles. The maximum Gasteiger partial charge on any atom is 0.141 e. The van der Waals surface area contributed by atoms with Crippen LogP contribution in [0.4, 0.5) is 0 Å². The van der Waals surface area contributed by atoms with Crippen LogP contribution in [-0.4, -0.2) is 9.55 Å². The van der Waals surface area contributed by atoms with Crippen LogP contribution in [0.15, 0.2) is 30.5 Å². The van der Waals surface area contributed by atoms with Gasteiger partial charge in [0, 0.05) is 24.0 Å². The van der Waals surface area contributed by atoms with Gasteiger partial charge in [0.15, 0.2) is 0 Å². The molecule has 1 aliphatic heterocycles. The van der Waals surface area contributed by atoms with Gasteiger partial charge in [0.25, 0.3) is 0 Å². The molecule has 1 atom stereocenters. The summed E-state index contributed by atoms with van der Waals surface area (Å²) in [5.74, 6) is 1.62. The van der Waals surface area contributed by atoms with Crippen molar-refractivity contribution in [3.8, 4) is 11.4 Å². The maximum atomic E-state index is 6.24. The molecule has 0 radical (unpaired) electrons. The first-order valence-electron chi connectivity index (χ1n) is 6.07. The Hall–Kier alpha value is -1.28. The molecule has 1 aromatic carbocycles. The summed E-state index contributed by atoms with van der Waals surface area (Å²) in [4.78, 5) is 4.56. The molecule has 2 heterocycles. The second-order valence-corrected chi connectivity index (χ2v) is 5.09. The van der Waals surface area contributed by atoms with Crippen molar-refractivity contribution in [1.82, 2.24) is 9.55 Å². The number of halogens is 1. The largest absolute Gasteiger partial charge is 0.328 e. The average molecular weight is 247 g/mol. The molecule has 1 aliphatic rings. The molecule has 0 saturated heterocycles. The van der Waals surface area contributed by atoms with Gasteiger partial charge in [-0.1, -0.05) is 30.7 Å². The number of hydrogen-bond acceptors (Lipinski definition) is 1. The Morgan fingerprint density at radius 3 is 3.00 bits per heavy atom. The molecule has 3 rings (SSSR count). The number of hydrogen-bond donors (Lipinski definition) is 0. The standard InChI is InChI=1S/C14H15ClN2/c1-10-5-4-8-17-13(10)9-16-14(17)11-6-2-3-7-12(11)15/h2-3,6-7,9-10H,4-5,8H2,1H3. The summed E-state index contributed by atoms with van der Waals surface area (Å²) in [5.41, 5.74) is 2.38. The summed E-state index contributed by atoms with van der Waals surface area (Å²) in [6, 6.07) is 7.92. The third-order valence-corrected chi connectivity index (χ3v) is 3.85. The number of fused-ring (bicyclic) bond motifs is 1. The molecule has 0 spiro atoms. The third-order valence-electron chi connectivity index (χ3n) is 3.52. The fourth-order valence-electron chi connectivity index (χ4n) is 2.58. The van der Waals surface area contributed by atoms with Crippen LogP contribution in [0.3, 0.4) is 0 Å². The van der Waals surface area contributed by atoms with E-state index in [2.05, 4.69) is 16.5 Å². The summed E-state index contributed by atoms with van der Waals surface area (Å²) >= 11 is 6.24. The van der Waals surface area contributed by atoms with E-state index in [1.54, 1.807) is 0 Å². The van der Waals surface area contributed by atoms with E-state index in [1.165, 1.54) is 18.5 Å². The first-order chi connectivity index (χ1) is 8.27. The molecule has 0 amide bonds. The molecule has 1 unspecified atom stereocenters. The molecule has 1 aromatic heterocycles. The Morgan fingerprint density at radius 1 is 1.35 bits per heavy atom. The zero-order chi connectivity index (χ0) is 11.8. The lowest BCUT2D eigenvalue weighted by Gasteiger charge is -2.22. The topological polar surface area (TPSA) is 17.8 Å². The maximum absolute atomic E-state index is 6.24. The molecule has 88 valence electrons. The SMILES string of the molecule is CC1CCCn2c1cnc2-c1ccccc1Cl. The van der Waals surface area contributed by atoms with Gasteiger partial charge in [-0.05, 0) is 30.9 Å². The second-order valence-electron chi connectivity index (χ2n) is 4.68. The molecule has 2 nitrogen and oxygen atoms in total. The van der Waals surface area contributed by atoms with Crippen molar-refractivity contribution >= 4 is 11.6 Å². The fraction of sp³-hybridized carbons (Fsp3) is 0.357. The van der Waals surface area contributed by atoms with Crippen molar-refractivity contribution in [3.05, 3.63) is 41.2 Å². The molecule has 17 heavy (non-hydrogen) atoms. The Kier molecular flexibility index (Phi) is 2.67. The van der Waals surface area contributed by atoms with E-state index in [0.29, 0.717) is 5.92 Å². The van der Waals surface area contributed by atoms with Gasteiger partial charge in [-0.2, -0.15) is 0 Å². The first kappa shape index (κ1) is 10.8. The van der Waals surface area contributed by atoms with E-state index in [0.717, 1.165) is 23.0 Å². The van der Waals surface area contributed by atoms with Crippen LogP contribution in [0.1, 0.15) is 31.4 Å². The molecular formula is C14H15ClN2. The minimum absolute atomic E-state index is 0.604. The van der Waals surface area contributed by atoms with E-state index >= 15 is 0 Å². The van der Waals surface area contributed by atoms with Gasteiger partial charge in [-0.15, -0.1) is 0 Å². The highest BCUT2D eigenvalue weighted by Gasteiger charge is 2.21. The molecule has 2 aromatic rings. The van der Waals surface area contributed by atoms with Crippen LogP contribution >= 0.6 is 11.6 Å². The van der Waals surface area contributed by atoms with Crippen molar-refractivity contribution in [3.63, 3.8) is 0 Å². The smallest absolute Gasteiger partial charge is 0.141 e. The molecule has 0 fully saturated rings. The van der Waals surface area contributed by atoms with Crippen LogP contribution in [0.5, 0.6) is 0 Å². The molecule has 0 N–H and O–H groups in total. The fourth-order valence-corrected chi connectivity index (χ4v) is 2.80. The monoisotopic (exact) mass is 246 g/mol. The van der Waals surface area contributed by atoms with Gasteiger partial charge in [0.2, 0.25) is 0 Å². The Morgan fingerprint density at radius 2 is 2.18 bits per heavy atom. The summed E-state index contributed by atoms with van der Waals surface area (Å²) in [6.45, 7) is 3.32. The van der Waals surface area contributed by atoms with Gasteiger partial charge in [-0.3, -0.25) is 0 Å². The highest BCUT2D eigenvalue weighted by Crippen LogP contribution is 2.33. The number of rotatable bonds is 1. The lowest BCUT2D eigenvalue weighted by atomic mass is 9.98. The van der Waals surface area contributed by atoms with E-state index in [4.69, 9.17) is 11.6 Å². The second kappa shape index (κ2) is 4.19. The van der Waals surface area contributed by atoms with Crippen LogP contribution < -0.4 is 0 Å². The van der Waals surface area contributed by atoms with Crippen LogP contribution in [0, 0.1) is 0 Å². The third kappa shape index (κ3) is 1.77. The normalized spacial score (nSPS) is 19.1. The number of aromatic nitrogens is 2. The summed E-state index contributed by atoms with van der Waals surface area (Å²) in [5, 5.41) is 0.777.